The fourth-order valence-corrected chi connectivity index (χ4v) is 3.24. The van der Waals surface area contributed by atoms with Crippen LogP contribution in [-0.2, 0) is 4.79 Å². The third kappa shape index (κ3) is 4.71. The average molecular weight is 355 g/mol. The van der Waals surface area contributed by atoms with Crippen molar-refractivity contribution < 1.29 is 9.53 Å². The second-order valence-electron chi connectivity index (χ2n) is 5.58. The minimum absolute atomic E-state index is 0.00132. The first-order chi connectivity index (χ1) is 10.1. The smallest absolute Gasteiger partial charge is 0.220 e. The van der Waals surface area contributed by atoms with Crippen LogP contribution in [0.5, 0.6) is 5.75 Å². The number of amides is 1. The monoisotopic (exact) mass is 354 g/mol. The van der Waals surface area contributed by atoms with E-state index in [9.17, 15) is 4.79 Å². The van der Waals surface area contributed by atoms with E-state index >= 15 is 0 Å². The number of ether oxygens (including phenoxy) is 1. The molecule has 1 heterocycles. The summed E-state index contributed by atoms with van der Waals surface area (Å²) in [7, 11) is 1.64. The van der Waals surface area contributed by atoms with Crippen LogP contribution in [-0.4, -0.2) is 26.1 Å². The zero-order valence-electron chi connectivity index (χ0n) is 12.6. The predicted octanol–water partition coefficient (Wildman–Crippen LogP) is 3.02. The summed E-state index contributed by atoms with van der Waals surface area (Å²) >= 11 is 3.48. The molecule has 1 aromatic rings. The maximum Gasteiger partial charge on any atom is 0.220 e. The van der Waals surface area contributed by atoms with Crippen LogP contribution >= 0.6 is 15.9 Å². The minimum atomic E-state index is 0.00132. The molecule has 4 nitrogen and oxygen atoms in total. The van der Waals surface area contributed by atoms with Gasteiger partial charge in [-0.25, -0.2) is 0 Å². The molecule has 1 amide bonds. The lowest BCUT2D eigenvalue weighted by Gasteiger charge is -2.23. The van der Waals surface area contributed by atoms with Crippen molar-refractivity contribution in [2.24, 2.45) is 5.92 Å². The molecule has 1 unspecified atom stereocenters. The van der Waals surface area contributed by atoms with Crippen LogP contribution in [0.25, 0.3) is 0 Å². The number of nitrogens with one attached hydrogen (secondary N) is 2. The van der Waals surface area contributed by atoms with Crippen molar-refractivity contribution in [3.63, 3.8) is 0 Å². The Morgan fingerprint density at radius 2 is 2.19 bits per heavy atom. The third-order valence-corrected chi connectivity index (χ3v) is 4.61. The molecule has 0 aliphatic carbocycles. The van der Waals surface area contributed by atoms with E-state index in [-0.39, 0.29) is 11.9 Å². The third-order valence-electron chi connectivity index (χ3n) is 3.99. The maximum absolute atomic E-state index is 12.1. The van der Waals surface area contributed by atoms with E-state index in [1.165, 1.54) is 0 Å². The molecule has 2 rings (SSSR count). The molecule has 21 heavy (non-hydrogen) atoms. The first kappa shape index (κ1) is 16.3. The minimum Gasteiger partial charge on any atom is -0.496 e. The Labute approximate surface area is 134 Å². The Balaban J connectivity index is 1.89. The largest absolute Gasteiger partial charge is 0.496 e. The van der Waals surface area contributed by atoms with Gasteiger partial charge in [-0.3, -0.25) is 4.79 Å². The van der Waals surface area contributed by atoms with Crippen LogP contribution < -0.4 is 15.4 Å². The molecule has 1 fully saturated rings. The molecule has 0 bridgehead atoms. The van der Waals surface area contributed by atoms with Crippen molar-refractivity contribution >= 4 is 21.8 Å². The van der Waals surface area contributed by atoms with E-state index in [0.29, 0.717) is 12.3 Å². The van der Waals surface area contributed by atoms with Gasteiger partial charge in [0.05, 0.1) is 17.6 Å². The van der Waals surface area contributed by atoms with Gasteiger partial charge >= 0.3 is 0 Å². The van der Waals surface area contributed by atoms with Gasteiger partial charge < -0.3 is 15.4 Å². The Bertz CT molecular complexity index is 487. The van der Waals surface area contributed by atoms with Crippen molar-refractivity contribution in [1.29, 1.82) is 0 Å². The number of benzene rings is 1. The van der Waals surface area contributed by atoms with Gasteiger partial charge in [-0.15, -0.1) is 0 Å². The molecular formula is C16H23BrN2O2. The van der Waals surface area contributed by atoms with Crippen LogP contribution in [0.3, 0.4) is 0 Å². The quantitative estimate of drug-likeness (QED) is 0.854. The average Bonchev–Trinajstić information content (AvgIpc) is 2.48. The fourth-order valence-electron chi connectivity index (χ4n) is 2.68. The molecule has 5 heteroatoms. The van der Waals surface area contributed by atoms with Gasteiger partial charge in [0.25, 0.3) is 0 Å². The number of carbonyl (C=O) groups excluding carboxylic acids is 1. The summed E-state index contributed by atoms with van der Waals surface area (Å²) in [6.07, 6.45) is 2.81. The Hall–Kier alpha value is -1.07. The van der Waals surface area contributed by atoms with Crippen LogP contribution in [0.2, 0.25) is 0 Å². The van der Waals surface area contributed by atoms with E-state index in [1.54, 1.807) is 7.11 Å². The van der Waals surface area contributed by atoms with Crippen LogP contribution in [0.15, 0.2) is 22.7 Å². The zero-order chi connectivity index (χ0) is 15.2. The zero-order valence-corrected chi connectivity index (χ0v) is 14.2. The van der Waals surface area contributed by atoms with Gasteiger partial charge in [0.2, 0.25) is 5.91 Å². The Morgan fingerprint density at radius 1 is 1.48 bits per heavy atom. The van der Waals surface area contributed by atoms with Gasteiger partial charge in [0.15, 0.2) is 0 Å². The van der Waals surface area contributed by atoms with E-state index in [0.717, 1.165) is 41.7 Å². The van der Waals surface area contributed by atoms with Gasteiger partial charge in [-0.2, -0.15) is 0 Å². The summed E-state index contributed by atoms with van der Waals surface area (Å²) in [5.41, 5.74) is 1.07. The van der Waals surface area contributed by atoms with E-state index in [2.05, 4.69) is 26.6 Å². The molecule has 0 radical (unpaired) electrons. The number of rotatable bonds is 5. The highest BCUT2D eigenvalue weighted by molar-refractivity contribution is 9.10. The number of hydrogen-bond donors (Lipinski definition) is 2. The number of methoxy groups -OCH3 is 1. The molecule has 1 atom stereocenters. The first-order valence-corrected chi connectivity index (χ1v) is 8.23. The van der Waals surface area contributed by atoms with Crippen LogP contribution in [0, 0.1) is 5.92 Å². The highest BCUT2D eigenvalue weighted by Crippen LogP contribution is 2.28. The van der Waals surface area contributed by atoms with Crippen molar-refractivity contribution in [3.05, 3.63) is 28.2 Å². The molecule has 1 aliphatic heterocycles. The summed E-state index contributed by atoms with van der Waals surface area (Å²) in [5, 5.41) is 6.41. The fraction of sp³-hybridized carbons (Fsp3) is 0.562. The summed E-state index contributed by atoms with van der Waals surface area (Å²) in [4.78, 5) is 12.1. The molecular weight excluding hydrogens is 332 g/mol. The first-order valence-electron chi connectivity index (χ1n) is 7.43. The number of halogens is 1. The highest BCUT2D eigenvalue weighted by Gasteiger charge is 2.18. The Kier molecular flexibility index (Phi) is 6.06. The van der Waals surface area contributed by atoms with Gasteiger partial charge in [0, 0.05) is 6.42 Å². The molecule has 1 aliphatic rings. The van der Waals surface area contributed by atoms with Gasteiger partial charge in [-0.1, -0.05) is 6.07 Å². The molecule has 0 spiro atoms. The molecule has 1 saturated heterocycles. The summed E-state index contributed by atoms with van der Waals surface area (Å²) < 4.78 is 6.13. The summed E-state index contributed by atoms with van der Waals surface area (Å²) in [6.45, 7) is 4.06. The second kappa shape index (κ2) is 7.80. The highest BCUT2D eigenvalue weighted by atomic mass is 79.9. The predicted molar refractivity (Wildman–Crippen MR) is 87.5 cm³/mol. The molecule has 2 N–H and O–H groups in total. The normalized spacial score (nSPS) is 17.3. The van der Waals surface area contributed by atoms with Gasteiger partial charge in [0.1, 0.15) is 5.75 Å². The van der Waals surface area contributed by atoms with Gasteiger partial charge in [-0.05, 0) is 72.4 Å². The summed E-state index contributed by atoms with van der Waals surface area (Å²) in [5.74, 6) is 1.45. The lowest BCUT2D eigenvalue weighted by Crippen LogP contribution is -2.33. The maximum atomic E-state index is 12.1. The second-order valence-corrected chi connectivity index (χ2v) is 6.44. The van der Waals surface area contributed by atoms with Crippen molar-refractivity contribution in [2.75, 3.05) is 20.2 Å². The number of carbonyl (C=O) groups is 1. The number of hydrogen-bond acceptors (Lipinski definition) is 3. The van der Waals surface area contributed by atoms with Crippen molar-refractivity contribution in [1.82, 2.24) is 10.6 Å². The van der Waals surface area contributed by atoms with Crippen LogP contribution in [0.4, 0.5) is 0 Å². The van der Waals surface area contributed by atoms with E-state index < -0.39 is 0 Å². The SMILES string of the molecule is COc1ccc(C(C)NC(=O)CC2CCNCC2)cc1Br. The van der Waals surface area contributed by atoms with Crippen LogP contribution in [0.1, 0.15) is 37.8 Å². The lowest BCUT2D eigenvalue weighted by atomic mass is 9.94. The number of piperidine rings is 1. The molecule has 116 valence electrons. The Morgan fingerprint density at radius 3 is 2.81 bits per heavy atom. The standard InChI is InChI=1S/C16H23BrN2O2/c1-11(13-3-4-15(21-2)14(17)10-13)19-16(20)9-12-5-7-18-8-6-12/h3-4,10-12,18H,5-9H2,1-2H3,(H,19,20). The van der Waals surface area contributed by atoms with Crippen molar-refractivity contribution in [3.8, 4) is 5.75 Å². The topological polar surface area (TPSA) is 50.4 Å². The molecule has 1 aromatic carbocycles. The lowest BCUT2D eigenvalue weighted by molar-refractivity contribution is -0.122. The molecule has 0 aromatic heterocycles. The molecule has 0 saturated carbocycles. The summed E-state index contributed by atoms with van der Waals surface area (Å²) in [6, 6.07) is 5.89. The van der Waals surface area contributed by atoms with E-state index in [4.69, 9.17) is 4.74 Å². The van der Waals surface area contributed by atoms with E-state index in [1.807, 2.05) is 25.1 Å². The van der Waals surface area contributed by atoms with Crippen molar-refractivity contribution in [2.45, 2.75) is 32.2 Å².